The molecule has 1 N–H and O–H groups in total. The third-order valence-corrected chi connectivity index (χ3v) is 6.11. The van der Waals surface area contributed by atoms with Gasteiger partial charge in [0.25, 0.3) is 0 Å². The molecule has 1 aliphatic carbocycles. The smallest absolute Gasteiger partial charge is 0.317 e. The molecule has 2 aliphatic heterocycles. The number of urea groups is 1. The van der Waals surface area contributed by atoms with Crippen LogP contribution in [0.1, 0.15) is 49.4 Å². The van der Waals surface area contributed by atoms with Crippen molar-refractivity contribution in [2.75, 3.05) is 20.1 Å². The van der Waals surface area contributed by atoms with Gasteiger partial charge in [-0.05, 0) is 45.6 Å². The van der Waals surface area contributed by atoms with Crippen LogP contribution in [0.15, 0.2) is 6.20 Å². The number of rotatable bonds is 1. The van der Waals surface area contributed by atoms with E-state index in [9.17, 15) is 4.79 Å². The van der Waals surface area contributed by atoms with Crippen molar-refractivity contribution >= 4 is 6.03 Å². The van der Waals surface area contributed by atoms with Crippen LogP contribution < -0.4 is 5.32 Å². The lowest BCUT2D eigenvalue weighted by molar-refractivity contribution is 0.183. The number of hydrogen-bond acceptors (Lipinski definition) is 3. The molecule has 0 aromatic carbocycles. The molecule has 1 aromatic rings. The first-order valence-electron chi connectivity index (χ1n) is 8.91. The van der Waals surface area contributed by atoms with Crippen LogP contribution in [0.4, 0.5) is 4.79 Å². The van der Waals surface area contributed by atoms with E-state index >= 15 is 0 Å². The molecule has 23 heavy (non-hydrogen) atoms. The molecular weight excluding hydrogens is 290 g/mol. The van der Waals surface area contributed by atoms with Gasteiger partial charge in [-0.25, -0.2) is 4.79 Å². The Hall–Kier alpha value is -1.56. The molecule has 6 heteroatoms. The summed E-state index contributed by atoms with van der Waals surface area (Å²) in [6.07, 6.45) is 8.74. The molecule has 3 heterocycles. The first kappa shape index (κ1) is 15.0. The lowest BCUT2D eigenvalue weighted by Crippen LogP contribution is -2.46. The Morgan fingerprint density at radius 2 is 2.04 bits per heavy atom. The first-order chi connectivity index (χ1) is 11.1. The summed E-state index contributed by atoms with van der Waals surface area (Å²) in [6.45, 7) is 1.75. The maximum absolute atomic E-state index is 12.8. The van der Waals surface area contributed by atoms with Crippen molar-refractivity contribution in [1.29, 1.82) is 0 Å². The number of fused-ring (bicyclic) bond motifs is 3. The van der Waals surface area contributed by atoms with E-state index in [4.69, 9.17) is 0 Å². The minimum Gasteiger partial charge on any atom is -0.331 e. The summed E-state index contributed by atoms with van der Waals surface area (Å²) >= 11 is 0. The van der Waals surface area contributed by atoms with Crippen LogP contribution in [0.2, 0.25) is 0 Å². The topological polar surface area (TPSA) is 53.4 Å². The van der Waals surface area contributed by atoms with E-state index in [0.29, 0.717) is 12.1 Å². The summed E-state index contributed by atoms with van der Waals surface area (Å²) in [6, 6.07) is 1.43. The maximum Gasteiger partial charge on any atom is 0.317 e. The van der Waals surface area contributed by atoms with Gasteiger partial charge in [-0.2, -0.15) is 5.10 Å². The fraction of sp³-hybridized carbons (Fsp3) is 0.765. The largest absolute Gasteiger partial charge is 0.331 e. The van der Waals surface area contributed by atoms with E-state index in [0.717, 1.165) is 38.8 Å². The maximum atomic E-state index is 12.8. The van der Waals surface area contributed by atoms with Crippen molar-refractivity contribution in [3.63, 3.8) is 0 Å². The minimum atomic E-state index is 0.104. The minimum absolute atomic E-state index is 0.104. The van der Waals surface area contributed by atoms with Gasteiger partial charge in [-0.3, -0.25) is 9.58 Å². The lowest BCUT2D eigenvalue weighted by atomic mass is 9.93. The predicted molar refractivity (Wildman–Crippen MR) is 88.2 cm³/mol. The number of likely N-dealkylation sites (N-methyl/N-ethyl adjacent to an activating group) is 1. The van der Waals surface area contributed by atoms with E-state index in [-0.39, 0.29) is 12.1 Å². The second-order valence-electron chi connectivity index (χ2n) is 7.35. The van der Waals surface area contributed by atoms with Crippen molar-refractivity contribution < 1.29 is 4.79 Å². The molecule has 2 fully saturated rings. The molecule has 3 aliphatic rings. The summed E-state index contributed by atoms with van der Waals surface area (Å²) in [5.41, 5.74) is 2.48. The van der Waals surface area contributed by atoms with Crippen molar-refractivity contribution in [3.8, 4) is 0 Å². The Bertz CT molecular complexity index is 598. The van der Waals surface area contributed by atoms with E-state index in [1.54, 1.807) is 0 Å². The number of carbonyl (C=O) groups excluding carboxylic acids is 1. The Balaban J connectivity index is 1.44. The highest BCUT2D eigenvalue weighted by molar-refractivity contribution is 5.75. The summed E-state index contributed by atoms with van der Waals surface area (Å²) in [7, 11) is 4.21. The van der Waals surface area contributed by atoms with Gasteiger partial charge in [0.05, 0.1) is 12.2 Å². The van der Waals surface area contributed by atoms with E-state index in [2.05, 4.69) is 22.4 Å². The molecule has 2 bridgehead atoms. The normalized spacial score (nSPS) is 30.9. The average molecular weight is 317 g/mol. The van der Waals surface area contributed by atoms with Crippen molar-refractivity contribution in [1.82, 2.24) is 24.9 Å². The second kappa shape index (κ2) is 5.82. The summed E-state index contributed by atoms with van der Waals surface area (Å²) in [5, 5.41) is 7.64. The predicted octanol–water partition coefficient (Wildman–Crippen LogP) is 1.68. The molecule has 0 spiro atoms. The highest BCUT2D eigenvalue weighted by Gasteiger charge is 2.36. The van der Waals surface area contributed by atoms with Gasteiger partial charge < -0.3 is 10.2 Å². The van der Waals surface area contributed by atoms with Crippen LogP contribution in [0.5, 0.6) is 0 Å². The van der Waals surface area contributed by atoms with Gasteiger partial charge in [0.1, 0.15) is 0 Å². The molecule has 4 rings (SSSR count). The van der Waals surface area contributed by atoms with E-state index in [1.807, 2.05) is 22.8 Å². The molecule has 0 radical (unpaired) electrons. The van der Waals surface area contributed by atoms with Crippen LogP contribution in [0.3, 0.4) is 0 Å². The zero-order chi connectivity index (χ0) is 16.0. The Kier molecular flexibility index (Phi) is 3.79. The van der Waals surface area contributed by atoms with Crippen LogP contribution in [0, 0.1) is 0 Å². The molecule has 0 saturated carbocycles. The van der Waals surface area contributed by atoms with E-state index < -0.39 is 0 Å². The monoisotopic (exact) mass is 317 g/mol. The number of nitrogens with one attached hydrogen (secondary N) is 1. The van der Waals surface area contributed by atoms with Crippen molar-refractivity contribution in [2.45, 2.75) is 56.7 Å². The molecular formula is C17H27N5O. The third-order valence-electron chi connectivity index (χ3n) is 6.11. The van der Waals surface area contributed by atoms with Gasteiger partial charge in [0.2, 0.25) is 0 Å². The van der Waals surface area contributed by atoms with Crippen LogP contribution in [-0.2, 0) is 13.5 Å². The standard InChI is InChI=1S/C17H27N5O/c1-20-12-6-7-13(20)11-22(9-8-12)17(23)19-15-4-3-5-16-14(15)10-18-21(16)2/h10,12-13,15H,3-9,11H2,1-2H3,(H,19,23)/t12-,13-,15-/m0/s1. The van der Waals surface area contributed by atoms with Gasteiger partial charge in [0.15, 0.2) is 0 Å². The molecule has 2 saturated heterocycles. The number of likely N-dealkylation sites (tertiary alicyclic amines) is 1. The second-order valence-corrected chi connectivity index (χ2v) is 7.35. The third kappa shape index (κ3) is 2.63. The number of aromatic nitrogens is 2. The molecule has 2 amide bonds. The van der Waals surface area contributed by atoms with Crippen LogP contribution in [0.25, 0.3) is 0 Å². The Morgan fingerprint density at radius 1 is 1.22 bits per heavy atom. The number of aryl methyl sites for hydroxylation is 1. The number of hydrogen-bond donors (Lipinski definition) is 1. The zero-order valence-electron chi connectivity index (χ0n) is 14.2. The zero-order valence-corrected chi connectivity index (χ0v) is 14.2. The van der Waals surface area contributed by atoms with Gasteiger partial charge >= 0.3 is 6.03 Å². The molecule has 0 unspecified atom stereocenters. The van der Waals surface area contributed by atoms with Crippen molar-refractivity contribution in [3.05, 3.63) is 17.5 Å². The van der Waals surface area contributed by atoms with Crippen LogP contribution in [-0.4, -0.2) is 57.8 Å². The number of amides is 2. The van der Waals surface area contributed by atoms with Gasteiger partial charge in [0, 0.05) is 43.5 Å². The summed E-state index contributed by atoms with van der Waals surface area (Å²) in [5.74, 6) is 0. The SMILES string of the molecule is CN1[C@H]2CC[C@H]1CN(C(=O)N[C@H]1CCCc3c1cnn3C)CC2. The van der Waals surface area contributed by atoms with Gasteiger partial charge in [-0.1, -0.05) is 0 Å². The van der Waals surface area contributed by atoms with E-state index in [1.165, 1.54) is 24.1 Å². The Labute approximate surface area is 137 Å². The molecule has 6 nitrogen and oxygen atoms in total. The van der Waals surface area contributed by atoms with Crippen molar-refractivity contribution in [2.24, 2.45) is 7.05 Å². The van der Waals surface area contributed by atoms with Crippen LogP contribution >= 0.6 is 0 Å². The number of carbonyl (C=O) groups is 1. The fourth-order valence-corrected chi connectivity index (χ4v) is 4.59. The Morgan fingerprint density at radius 3 is 2.91 bits per heavy atom. The lowest BCUT2D eigenvalue weighted by Gasteiger charge is -2.30. The number of nitrogens with zero attached hydrogens (tertiary/aromatic N) is 4. The molecule has 126 valence electrons. The molecule has 3 atom stereocenters. The highest BCUT2D eigenvalue weighted by Crippen LogP contribution is 2.31. The van der Waals surface area contributed by atoms with Gasteiger partial charge in [-0.15, -0.1) is 0 Å². The average Bonchev–Trinajstić information content (AvgIpc) is 3.01. The first-order valence-corrected chi connectivity index (χ1v) is 8.91. The molecule has 1 aromatic heterocycles. The summed E-state index contributed by atoms with van der Waals surface area (Å²) < 4.78 is 1.95. The fourth-order valence-electron chi connectivity index (χ4n) is 4.59. The highest BCUT2D eigenvalue weighted by atomic mass is 16.2. The quantitative estimate of drug-likeness (QED) is 0.857. The summed E-state index contributed by atoms with van der Waals surface area (Å²) in [4.78, 5) is 17.3.